The molecule has 130 heavy (non-hydrogen) atoms. The summed E-state index contributed by atoms with van der Waals surface area (Å²) in [5.74, 6) is -23.6. The van der Waals surface area contributed by atoms with E-state index in [-0.39, 0.29) is 37.1 Å². The smallest absolute Gasteiger partial charge is 0.269 e. The molecule has 12 N–H and O–H groups in total. The lowest BCUT2D eigenvalue weighted by Gasteiger charge is -2.15. The minimum Gasteiger partial charge on any atom is -0.476 e. The number of nitrogens with one attached hydrogen (secondary N) is 12. The molecular formula is C93H72F11N17O9. The molecule has 12 aromatic rings. The van der Waals surface area contributed by atoms with Crippen LogP contribution < -0.4 is 68.5 Å². The number of benzodiazepines with no additional fused rings is 4. The topological polar surface area (TPSA) is 352 Å². The fourth-order valence-electron chi connectivity index (χ4n) is 13.1. The molecule has 0 bridgehead atoms. The van der Waals surface area contributed by atoms with Gasteiger partial charge in [0.1, 0.15) is 17.1 Å². The zero-order valence-electron chi connectivity index (χ0n) is 67.7. The van der Waals surface area contributed by atoms with E-state index < -0.39 is 167 Å². The molecule has 8 amide bonds. The van der Waals surface area contributed by atoms with E-state index in [0.717, 1.165) is 16.8 Å². The van der Waals surface area contributed by atoms with Crippen LogP contribution in [-0.2, 0) is 38.4 Å². The van der Waals surface area contributed by atoms with E-state index in [9.17, 15) is 86.7 Å². The third kappa shape index (κ3) is 22.3. The van der Waals surface area contributed by atoms with Gasteiger partial charge in [0.2, 0.25) is 59.9 Å². The number of nitrogens with zero attached hydrogens (tertiary/aromatic N) is 5. The van der Waals surface area contributed by atoms with Gasteiger partial charge in [0.05, 0.1) is 78.4 Å². The number of carbonyl (C=O) groups excluding carboxylic acids is 8. The lowest BCUT2D eigenvalue weighted by Crippen LogP contribution is -2.44. The number of hydrogen-bond acceptors (Lipinski definition) is 18. The zero-order valence-corrected chi connectivity index (χ0v) is 67.7. The monoisotopic (exact) mass is 1780 g/mol. The number of amides is 8. The fourth-order valence-corrected chi connectivity index (χ4v) is 13.1. The third-order valence-electron chi connectivity index (χ3n) is 19.2. The minimum atomic E-state index is -1.67. The van der Waals surface area contributed by atoms with Crippen molar-refractivity contribution in [1.29, 1.82) is 0 Å². The Morgan fingerprint density at radius 1 is 0.308 bits per heavy atom. The van der Waals surface area contributed by atoms with Crippen molar-refractivity contribution >= 4 is 116 Å². The van der Waals surface area contributed by atoms with Gasteiger partial charge in [-0.05, 0) is 43.3 Å². The lowest BCUT2D eigenvalue weighted by molar-refractivity contribution is -0.125. The number of pyridine rings is 1. The Morgan fingerprint density at radius 3 is 0.815 bits per heavy atom. The number of para-hydroxylation sites is 5. The first-order chi connectivity index (χ1) is 62.8. The summed E-state index contributed by atoms with van der Waals surface area (Å²) in [5, 5.41) is 30.0. The minimum absolute atomic E-state index is 0.0319. The Bertz CT molecular complexity index is 6170. The molecule has 0 aliphatic carbocycles. The maximum Gasteiger partial charge on any atom is 0.269 e. The molecule has 0 fully saturated rings. The summed E-state index contributed by atoms with van der Waals surface area (Å²) in [7, 11) is 0. The van der Waals surface area contributed by atoms with Crippen molar-refractivity contribution in [3.63, 3.8) is 0 Å². The van der Waals surface area contributed by atoms with Crippen LogP contribution in [0.2, 0.25) is 0 Å². The van der Waals surface area contributed by atoms with E-state index in [4.69, 9.17) is 4.74 Å². The van der Waals surface area contributed by atoms with Gasteiger partial charge in [0, 0.05) is 62.3 Å². The molecule has 4 aliphatic rings. The van der Waals surface area contributed by atoms with E-state index in [1.807, 2.05) is 138 Å². The molecule has 11 aromatic carbocycles. The number of anilines is 8. The molecule has 37 heteroatoms. The van der Waals surface area contributed by atoms with Crippen molar-refractivity contribution in [2.45, 2.75) is 31.6 Å². The SMILES string of the molecule is CCOc1nc(F)c(F)c(NCC(=O)N[C@H]2N=C(c3ccccc3)c3ccccc3NC2=O)c1F.O=C(CNc1c(F)c(F)cc(F)c1F)NC1N=C(c2ccccc2)c2ccccc2NC1=O.O=C(CNc1c(F)c(F)cc(F)c1F)N[C@H]1N=C(c2ccccc2)c2ccccc2NC1=O.O=C(CNc1ccccc1)N[C@H]1N=C(c2ccccc2)c2ccccc2NC1=O. The zero-order chi connectivity index (χ0) is 92.1. The first-order valence-electron chi connectivity index (χ1n) is 39.4. The quantitative estimate of drug-likeness (QED) is 0.0171. The van der Waals surface area contributed by atoms with E-state index in [1.54, 1.807) is 121 Å². The molecule has 4 aliphatic heterocycles. The molecule has 16 rings (SSSR count). The molecule has 1 aromatic heterocycles. The van der Waals surface area contributed by atoms with E-state index in [1.165, 1.54) is 6.92 Å². The lowest BCUT2D eigenvalue weighted by atomic mass is 10.0. The van der Waals surface area contributed by atoms with Crippen LogP contribution in [0.4, 0.5) is 93.8 Å². The molecule has 0 spiro atoms. The highest BCUT2D eigenvalue weighted by molar-refractivity contribution is 6.23. The van der Waals surface area contributed by atoms with E-state index >= 15 is 0 Å². The summed E-state index contributed by atoms with van der Waals surface area (Å²) in [4.78, 5) is 122. The summed E-state index contributed by atoms with van der Waals surface area (Å²) in [6, 6.07) is 74.5. The fraction of sp³-hybridized carbons (Fsp3) is 0.108. The number of hydrogen-bond donors (Lipinski definition) is 12. The molecule has 26 nitrogen and oxygen atoms in total. The maximum atomic E-state index is 14.4. The predicted octanol–water partition coefficient (Wildman–Crippen LogP) is 13.4. The Hall–Kier alpha value is -16.8. The van der Waals surface area contributed by atoms with Gasteiger partial charge in [0.15, 0.2) is 46.5 Å². The number of rotatable bonds is 22. The van der Waals surface area contributed by atoms with Crippen LogP contribution in [0.3, 0.4) is 0 Å². The number of fused-ring (bicyclic) bond motifs is 4. The van der Waals surface area contributed by atoms with Gasteiger partial charge in [-0.3, -0.25) is 38.4 Å². The van der Waals surface area contributed by atoms with Crippen LogP contribution in [0.1, 0.15) is 51.4 Å². The van der Waals surface area contributed by atoms with E-state index in [0.29, 0.717) is 79.0 Å². The third-order valence-corrected chi connectivity index (χ3v) is 19.2. The summed E-state index contributed by atoms with van der Waals surface area (Å²) >= 11 is 0. The highest BCUT2D eigenvalue weighted by atomic mass is 19.2. The Kier molecular flexibility index (Phi) is 29.6. The van der Waals surface area contributed by atoms with Crippen molar-refractivity contribution in [3.8, 4) is 5.88 Å². The number of halogens is 11. The molecule has 5 heterocycles. The average Bonchev–Trinajstić information content (AvgIpc) is 1.49. The number of ether oxygens (including phenoxy) is 1. The average molecular weight is 1780 g/mol. The van der Waals surface area contributed by atoms with Gasteiger partial charge in [0.25, 0.3) is 35.5 Å². The highest BCUT2D eigenvalue weighted by Crippen LogP contribution is 2.33. The number of aliphatic imine (C=N–C) groups is 4. The Balaban J connectivity index is 0.000000148. The second kappa shape index (κ2) is 42.3. The largest absolute Gasteiger partial charge is 0.476 e. The summed E-state index contributed by atoms with van der Waals surface area (Å²) in [5.41, 5.74) is 7.49. The number of aromatic nitrogens is 1. The standard InChI is InChI=1S/C24H20F3N5O3.2C23H16F4N4O2.C23H20N4O2/c1-2-35-24-18(26)20(17(25)21(27)32-24)28-12-16(33)30-22-23(34)29-15-11-7-6-10-14(15)19(31-22)13-8-4-3-5-9-13;2*24-14-10-15(25)19(27)21(18(14)26)28-11-17(32)30-22-23(33)29-16-9-5-4-8-13(16)20(31-22)12-6-2-1-3-7-12;28-20(15-24-17-11-5-2-6-12-17)26-22-23(29)25-19-14-8-7-13-18(19)21(27-22)16-9-3-1-4-10-16/h3-11,22H,2,12H2,1H3,(H,28,32)(H,29,34)(H,30,33);2*1-10,22,28H,11H2,(H,29,33)(H,30,32);1-14,22,24H,15H2,(H,25,29)(H,26,28)/t2*22-;;22-/m00.0/s1. The second-order valence-electron chi connectivity index (χ2n) is 28.0. The van der Waals surface area contributed by atoms with Crippen molar-refractivity contribution in [1.82, 2.24) is 26.3 Å². The second-order valence-corrected chi connectivity index (χ2v) is 28.0. The molecular weight excluding hydrogens is 1710 g/mol. The van der Waals surface area contributed by atoms with Crippen molar-refractivity contribution in [3.05, 3.63) is 369 Å². The first-order valence-corrected chi connectivity index (χ1v) is 39.4. The molecule has 4 atom stereocenters. The van der Waals surface area contributed by atoms with Crippen molar-refractivity contribution in [2.75, 3.05) is 75.3 Å². The van der Waals surface area contributed by atoms with Crippen LogP contribution in [-0.4, -0.2) is 133 Å². The van der Waals surface area contributed by atoms with E-state index in [2.05, 4.69) is 78.1 Å². The summed E-state index contributed by atoms with van der Waals surface area (Å²) < 4.78 is 156. The number of benzene rings is 11. The molecule has 0 saturated carbocycles. The van der Waals surface area contributed by atoms with Crippen LogP contribution in [0.25, 0.3) is 0 Å². The van der Waals surface area contributed by atoms with Crippen LogP contribution >= 0.6 is 0 Å². The van der Waals surface area contributed by atoms with Gasteiger partial charge in [-0.15, -0.1) is 0 Å². The Morgan fingerprint density at radius 2 is 0.546 bits per heavy atom. The normalized spacial score (nSPS) is 15.1. The first kappa shape index (κ1) is 91.0. The van der Waals surface area contributed by atoms with Crippen molar-refractivity contribution in [2.24, 2.45) is 20.0 Å². The Labute approximate surface area is 732 Å². The van der Waals surface area contributed by atoms with Crippen molar-refractivity contribution < 1.29 is 91.4 Å². The highest BCUT2D eigenvalue weighted by Gasteiger charge is 2.34. The van der Waals surface area contributed by atoms with Crippen LogP contribution in [0.5, 0.6) is 5.88 Å². The van der Waals surface area contributed by atoms with Gasteiger partial charge < -0.3 is 68.5 Å². The van der Waals surface area contributed by atoms with Crippen LogP contribution in [0, 0.1) is 64.1 Å². The summed E-state index contributed by atoms with van der Waals surface area (Å²) in [6.07, 6.45) is -5.11. The van der Waals surface area contributed by atoms with Gasteiger partial charge in [-0.1, -0.05) is 212 Å². The molecule has 1 unspecified atom stereocenters. The van der Waals surface area contributed by atoms with Gasteiger partial charge >= 0.3 is 0 Å². The summed E-state index contributed by atoms with van der Waals surface area (Å²) in [6.45, 7) is -0.709. The van der Waals surface area contributed by atoms with Gasteiger partial charge in [-0.25, -0.2) is 55.1 Å². The maximum absolute atomic E-state index is 14.4. The molecule has 0 saturated heterocycles. The predicted molar refractivity (Wildman–Crippen MR) is 465 cm³/mol. The number of carbonyl (C=O) groups is 8. The van der Waals surface area contributed by atoms with Gasteiger partial charge in [-0.2, -0.15) is 18.2 Å². The van der Waals surface area contributed by atoms with Crippen LogP contribution in [0.15, 0.2) is 281 Å². The molecule has 0 radical (unpaired) electrons. The molecule has 660 valence electrons.